The Morgan fingerprint density at radius 2 is 2.17 bits per heavy atom. The van der Waals surface area contributed by atoms with Gasteiger partial charge in [0.1, 0.15) is 17.0 Å². The first-order valence-corrected chi connectivity index (χ1v) is 10.0. The number of fused-ring (bicyclic) bond motifs is 1. The quantitative estimate of drug-likeness (QED) is 0.789. The number of rotatable bonds is 4. The highest BCUT2D eigenvalue weighted by Crippen LogP contribution is 2.33. The molecule has 10 nitrogen and oxygen atoms in total. The van der Waals surface area contributed by atoms with Crippen LogP contribution >= 0.6 is 0 Å². The van der Waals surface area contributed by atoms with Gasteiger partial charge in [-0.05, 0) is 25.7 Å². The van der Waals surface area contributed by atoms with Gasteiger partial charge in [0.25, 0.3) is 5.91 Å². The lowest BCUT2D eigenvalue weighted by molar-refractivity contribution is -0.123. The molecule has 0 radical (unpaired) electrons. The number of nitrogens with one attached hydrogen (secondary N) is 1. The Morgan fingerprint density at radius 3 is 2.97 bits per heavy atom. The van der Waals surface area contributed by atoms with E-state index in [1.54, 1.807) is 11.1 Å². The average molecular weight is 397 g/mol. The molecule has 2 fully saturated rings. The largest absolute Gasteiger partial charge is 0.365 e. The van der Waals surface area contributed by atoms with E-state index in [-0.39, 0.29) is 17.7 Å². The Balaban J connectivity index is 1.27. The number of carbonyl (C=O) groups excluding carboxylic acids is 2. The second kappa shape index (κ2) is 7.18. The summed E-state index contributed by atoms with van der Waals surface area (Å²) in [5, 5.41) is 11.5. The lowest BCUT2D eigenvalue weighted by Gasteiger charge is -2.44. The maximum absolute atomic E-state index is 12.8. The van der Waals surface area contributed by atoms with Crippen LogP contribution in [0.4, 0.5) is 0 Å². The molecule has 1 unspecified atom stereocenters. The third-order valence-corrected chi connectivity index (χ3v) is 5.86. The lowest BCUT2D eigenvalue weighted by atomic mass is 9.91. The average Bonchev–Trinajstić information content (AvgIpc) is 3.53. The first-order valence-electron chi connectivity index (χ1n) is 10.0. The summed E-state index contributed by atoms with van der Waals surface area (Å²) in [4.78, 5) is 34.6. The number of hydrogen-bond acceptors (Lipinski definition) is 7. The van der Waals surface area contributed by atoms with Gasteiger partial charge < -0.3 is 15.0 Å². The molecule has 1 saturated heterocycles. The van der Waals surface area contributed by atoms with Crippen molar-refractivity contribution in [3.05, 3.63) is 35.7 Å². The molecule has 2 amide bonds. The summed E-state index contributed by atoms with van der Waals surface area (Å²) in [5.74, 6) is 0.125. The number of nitrogens with zero attached hydrogens (tertiary/aromatic N) is 6. The first-order chi connectivity index (χ1) is 14.1. The van der Waals surface area contributed by atoms with Crippen LogP contribution in [0.3, 0.4) is 0 Å². The van der Waals surface area contributed by atoms with Crippen LogP contribution in [0.15, 0.2) is 18.6 Å². The number of hydrogen-bond donors (Lipinski definition) is 1. The molecule has 152 valence electrons. The van der Waals surface area contributed by atoms with Gasteiger partial charge in [0, 0.05) is 24.9 Å². The molecule has 1 aliphatic carbocycles. The molecule has 2 aliphatic heterocycles. The maximum atomic E-state index is 12.8. The molecule has 1 spiro atoms. The molecular formula is C19H23N7O3. The highest BCUT2D eigenvalue weighted by molar-refractivity contribution is 5.92. The van der Waals surface area contributed by atoms with Crippen LogP contribution in [0.5, 0.6) is 0 Å². The highest BCUT2D eigenvalue weighted by Gasteiger charge is 2.43. The van der Waals surface area contributed by atoms with Crippen LogP contribution in [0.25, 0.3) is 0 Å². The van der Waals surface area contributed by atoms with E-state index in [1.807, 2.05) is 4.68 Å². The maximum Gasteiger partial charge on any atom is 0.274 e. The Hall–Kier alpha value is -2.88. The van der Waals surface area contributed by atoms with Crippen LogP contribution in [0.2, 0.25) is 0 Å². The molecule has 1 saturated carbocycles. The summed E-state index contributed by atoms with van der Waals surface area (Å²) in [6.45, 7) is 2.43. The van der Waals surface area contributed by atoms with E-state index in [9.17, 15) is 9.59 Å². The van der Waals surface area contributed by atoms with Gasteiger partial charge in [-0.25, -0.2) is 9.67 Å². The van der Waals surface area contributed by atoms with Crippen molar-refractivity contribution in [1.82, 2.24) is 35.2 Å². The van der Waals surface area contributed by atoms with Crippen LogP contribution in [-0.4, -0.2) is 60.4 Å². The standard InChI is InChI=1S/C19H23N7O3/c27-17(13-2-3-13)22-9-14-16-10-29-19(12-26(16)24-23-14)4-1-7-25(11-19)18(28)15-8-20-5-6-21-15/h5-6,8,13H,1-4,7,9-12H2,(H,22,27). The van der Waals surface area contributed by atoms with E-state index in [4.69, 9.17) is 4.74 Å². The van der Waals surface area contributed by atoms with Crippen molar-refractivity contribution in [2.45, 2.75) is 51.0 Å². The van der Waals surface area contributed by atoms with Gasteiger partial charge >= 0.3 is 0 Å². The third-order valence-electron chi connectivity index (χ3n) is 5.86. The number of carbonyl (C=O) groups is 2. The fourth-order valence-electron chi connectivity index (χ4n) is 4.08. The SMILES string of the molecule is O=C(NCc1nnn2c1COC1(CCCN(C(=O)c3cnccn3)C1)C2)C1CC1. The molecule has 0 bridgehead atoms. The predicted molar refractivity (Wildman–Crippen MR) is 99.3 cm³/mol. The zero-order valence-electron chi connectivity index (χ0n) is 16.1. The summed E-state index contributed by atoms with van der Waals surface area (Å²) in [6, 6.07) is 0. The Bertz CT molecular complexity index is 927. The Labute approximate surface area is 167 Å². The Morgan fingerprint density at radius 1 is 1.28 bits per heavy atom. The van der Waals surface area contributed by atoms with Gasteiger partial charge in [-0.1, -0.05) is 5.21 Å². The van der Waals surface area contributed by atoms with Crippen LogP contribution in [0, 0.1) is 5.92 Å². The molecule has 10 heteroatoms. The van der Waals surface area contributed by atoms with E-state index in [0.29, 0.717) is 38.5 Å². The van der Waals surface area contributed by atoms with E-state index in [2.05, 4.69) is 25.6 Å². The van der Waals surface area contributed by atoms with Gasteiger partial charge in [-0.15, -0.1) is 5.10 Å². The fourth-order valence-corrected chi connectivity index (χ4v) is 4.08. The summed E-state index contributed by atoms with van der Waals surface area (Å²) in [7, 11) is 0. The molecule has 2 aromatic rings. The molecule has 3 aliphatic rings. The summed E-state index contributed by atoms with van der Waals surface area (Å²) >= 11 is 0. The smallest absolute Gasteiger partial charge is 0.274 e. The van der Waals surface area contributed by atoms with Crippen molar-refractivity contribution < 1.29 is 14.3 Å². The summed E-state index contributed by atoms with van der Waals surface area (Å²) in [5.41, 5.74) is 1.50. The van der Waals surface area contributed by atoms with E-state index in [0.717, 1.165) is 37.1 Å². The first kappa shape index (κ1) is 18.2. The fraction of sp³-hybridized carbons (Fsp3) is 0.579. The van der Waals surface area contributed by atoms with E-state index in [1.165, 1.54) is 12.4 Å². The zero-order valence-corrected chi connectivity index (χ0v) is 16.1. The highest BCUT2D eigenvalue weighted by atomic mass is 16.5. The van der Waals surface area contributed by atoms with E-state index < -0.39 is 5.60 Å². The molecule has 4 heterocycles. The van der Waals surface area contributed by atoms with Crippen molar-refractivity contribution >= 4 is 11.8 Å². The minimum absolute atomic E-state index is 0.0883. The molecule has 0 aromatic carbocycles. The number of amides is 2. The van der Waals surface area contributed by atoms with Crippen LogP contribution < -0.4 is 5.32 Å². The van der Waals surface area contributed by atoms with Gasteiger partial charge in [-0.2, -0.15) is 0 Å². The number of aromatic nitrogens is 5. The van der Waals surface area contributed by atoms with Crippen molar-refractivity contribution in [1.29, 1.82) is 0 Å². The van der Waals surface area contributed by atoms with Gasteiger partial charge in [0.2, 0.25) is 5.91 Å². The lowest BCUT2D eigenvalue weighted by Crippen LogP contribution is -2.55. The second-order valence-corrected chi connectivity index (χ2v) is 8.03. The second-order valence-electron chi connectivity index (χ2n) is 8.03. The monoisotopic (exact) mass is 397 g/mol. The number of ether oxygens (including phenoxy) is 1. The Kier molecular flexibility index (Phi) is 4.50. The molecule has 2 aromatic heterocycles. The third kappa shape index (κ3) is 3.59. The van der Waals surface area contributed by atoms with Crippen molar-refractivity contribution in [3.63, 3.8) is 0 Å². The number of piperidine rings is 1. The minimum atomic E-state index is -0.481. The van der Waals surface area contributed by atoms with Gasteiger partial charge in [-0.3, -0.25) is 14.6 Å². The molecule has 1 N–H and O–H groups in total. The molecular weight excluding hydrogens is 374 g/mol. The van der Waals surface area contributed by atoms with Crippen molar-refractivity contribution in [2.75, 3.05) is 13.1 Å². The topological polar surface area (TPSA) is 115 Å². The molecule has 29 heavy (non-hydrogen) atoms. The van der Waals surface area contributed by atoms with Crippen molar-refractivity contribution in [2.24, 2.45) is 5.92 Å². The molecule has 1 atom stereocenters. The van der Waals surface area contributed by atoms with Crippen LogP contribution in [-0.2, 0) is 29.2 Å². The minimum Gasteiger partial charge on any atom is -0.365 e. The van der Waals surface area contributed by atoms with E-state index >= 15 is 0 Å². The normalized spacial score (nSPS) is 23.7. The predicted octanol–water partition coefficient (Wildman–Crippen LogP) is 0.299. The van der Waals surface area contributed by atoms with Crippen LogP contribution in [0.1, 0.15) is 47.6 Å². The molecule has 5 rings (SSSR count). The summed E-state index contributed by atoms with van der Waals surface area (Å²) in [6.07, 6.45) is 8.21. The van der Waals surface area contributed by atoms with Gasteiger partial charge in [0.15, 0.2) is 0 Å². The summed E-state index contributed by atoms with van der Waals surface area (Å²) < 4.78 is 8.13. The zero-order chi connectivity index (χ0) is 19.8. The number of likely N-dealkylation sites (tertiary alicyclic amines) is 1. The van der Waals surface area contributed by atoms with Crippen molar-refractivity contribution in [3.8, 4) is 0 Å². The van der Waals surface area contributed by atoms with Gasteiger partial charge in [0.05, 0.1) is 38.1 Å².